The monoisotopic (exact) mass is 478 g/mol. The lowest BCUT2D eigenvalue weighted by Gasteiger charge is -2.15. The van der Waals surface area contributed by atoms with Crippen LogP contribution in [0.25, 0.3) is 0 Å². The van der Waals surface area contributed by atoms with Gasteiger partial charge < -0.3 is 10.1 Å². The molecule has 0 aromatic heterocycles. The average molecular weight is 479 g/mol. The summed E-state index contributed by atoms with van der Waals surface area (Å²) in [5, 5.41) is 3.29. The second-order valence-electron chi connectivity index (χ2n) is 6.82. The summed E-state index contributed by atoms with van der Waals surface area (Å²) in [7, 11) is -3.87. The summed E-state index contributed by atoms with van der Waals surface area (Å²) in [6.07, 6.45) is -0.737. The van der Waals surface area contributed by atoms with Gasteiger partial charge in [-0.3, -0.25) is 9.52 Å². The first kappa shape index (κ1) is 22.9. The Hall–Kier alpha value is -2.74. The number of anilines is 2. The van der Waals surface area contributed by atoms with Crippen LogP contribution in [0.1, 0.15) is 12.5 Å². The number of hydrogen-bond donors (Lipinski definition) is 2. The van der Waals surface area contributed by atoms with Crippen LogP contribution in [-0.2, 0) is 14.8 Å². The molecule has 0 saturated heterocycles. The predicted molar refractivity (Wildman–Crippen MR) is 124 cm³/mol. The minimum absolute atomic E-state index is 0.0144. The number of ether oxygens (including phenoxy) is 1. The van der Waals surface area contributed by atoms with Crippen LogP contribution in [0.5, 0.6) is 5.75 Å². The van der Waals surface area contributed by atoms with E-state index in [0.29, 0.717) is 16.5 Å². The Labute approximate surface area is 191 Å². The largest absolute Gasteiger partial charge is 0.481 e. The summed E-state index contributed by atoms with van der Waals surface area (Å²) < 4.78 is 33.3. The molecule has 0 fully saturated rings. The SMILES string of the molecule is Cc1cccc(O[C@H](C)C(=O)Nc2ccc(S(=O)(=O)Nc3ccc(Cl)cc3Cl)cc2)c1. The molecule has 0 radical (unpaired) electrons. The van der Waals surface area contributed by atoms with Crippen molar-refractivity contribution in [2.45, 2.75) is 24.8 Å². The Morgan fingerprint density at radius 1 is 1.00 bits per heavy atom. The summed E-state index contributed by atoms with van der Waals surface area (Å²) in [6.45, 7) is 3.57. The maximum Gasteiger partial charge on any atom is 0.265 e. The number of benzene rings is 3. The molecule has 0 heterocycles. The molecule has 3 rings (SSSR count). The van der Waals surface area contributed by atoms with E-state index >= 15 is 0 Å². The van der Waals surface area contributed by atoms with E-state index in [0.717, 1.165) is 5.56 Å². The molecule has 0 unspecified atom stereocenters. The number of nitrogens with one attached hydrogen (secondary N) is 2. The van der Waals surface area contributed by atoms with Crippen molar-refractivity contribution < 1.29 is 17.9 Å². The summed E-state index contributed by atoms with van der Waals surface area (Å²) in [4.78, 5) is 12.4. The van der Waals surface area contributed by atoms with Crippen molar-refractivity contribution in [3.8, 4) is 5.75 Å². The molecule has 162 valence electrons. The third-order valence-corrected chi connectivity index (χ3v) is 6.21. The third-order valence-electron chi connectivity index (χ3n) is 4.28. The van der Waals surface area contributed by atoms with Crippen LogP contribution in [0.4, 0.5) is 11.4 Å². The lowest BCUT2D eigenvalue weighted by Crippen LogP contribution is -2.30. The molecule has 1 atom stereocenters. The first-order valence-electron chi connectivity index (χ1n) is 9.26. The van der Waals surface area contributed by atoms with E-state index in [1.54, 1.807) is 13.0 Å². The van der Waals surface area contributed by atoms with Crippen LogP contribution < -0.4 is 14.8 Å². The van der Waals surface area contributed by atoms with Crippen molar-refractivity contribution in [3.63, 3.8) is 0 Å². The Morgan fingerprint density at radius 2 is 1.71 bits per heavy atom. The fourth-order valence-electron chi connectivity index (χ4n) is 2.68. The third kappa shape index (κ3) is 6.13. The van der Waals surface area contributed by atoms with Crippen molar-refractivity contribution in [2.75, 3.05) is 10.0 Å². The van der Waals surface area contributed by atoms with Crippen LogP contribution in [0.15, 0.2) is 71.6 Å². The van der Waals surface area contributed by atoms with Gasteiger partial charge in [0.2, 0.25) is 0 Å². The highest BCUT2D eigenvalue weighted by Crippen LogP contribution is 2.28. The van der Waals surface area contributed by atoms with Crippen molar-refractivity contribution >= 4 is 50.5 Å². The average Bonchev–Trinajstić information content (AvgIpc) is 2.70. The van der Waals surface area contributed by atoms with Gasteiger partial charge in [0.25, 0.3) is 15.9 Å². The van der Waals surface area contributed by atoms with E-state index in [1.165, 1.54) is 42.5 Å². The van der Waals surface area contributed by atoms with E-state index in [9.17, 15) is 13.2 Å². The van der Waals surface area contributed by atoms with Gasteiger partial charge >= 0.3 is 0 Å². The second-order valence-corrected chi connectivity index (χ2v) is 9.35. The quantitative estimate of drug-likeness (QED) is 0.468. The lowest BCUT2D eigenvalue weighted by molar-refractivity contribution is -0.122. The molecule has 3 aromatic rings. The molecule has 0 aliphatic heterocycles. The number of carbonyl (C=O) groups excluding carboxylic acids is 1. The zero-order valence-electron chi connectivity index (χ0n) is 16.7. The fourth-order valence-corrected chi connectivity index (χ4v) is 4.28. The molecule has 0 saturated carbocycles. The molecular formula is C22H20Cl2N2O4S. The molecule has 3 aromatic carbocycles. The van der Waals surface area contributed by atoms with E-state index in [4.69, 9.17) is 27.9 Å². The number of carbonyl (C=O) groups is 1. The van der Waals surface area contributed by atoms with Gasteiger partial charge in [-0.1, -0.05) is 35.3 Å². The van der Waals surface area contributed by atoms with Gasteiger partial charge in [0.05, 0.1) is 15.6 Å². The molecule has 2 N–H and O–H groups in total. The highest BCUT2D eigenvalue weighted by atomic mass is 35.5. The number of sulfonamides is 1. The predicted octanol–water partition coefficient (Wildman–Crippen LogP) is 5.51. The Bertz CT molecular complexity index is 1200. The minimum Gasteiger partial charge on any atom is -0.481 e. The van der Waals surface area contributed by atoms with Crippen LogP contribution in [0.2, 0.25) is 10.0 Å². The van der Waals surface area contributed by atoms with Gasteiger partial charge in [0.15, 0.2) is 6.10 Å². The Kier molecular flexibility index (Phi) is 7.10. The van der Waals surface area contributed by atoms with Crippen molar-refractivity contribution in [2.24, 2.45) is 0 Å². The van der Waals surface area contributed by atoms with Crippen molar-refractivity contribution in [1.82, 2.24) is 0 Å². The summed E-state index contributed by atoms with van der Waals surface area (Å²) in [5.41, 5.74) is 1.68. The van der Waals surface area contributed by atoms with Gasteiger partial charge in [-0.15, -0.1) is 0 Å². The Morgan fingerprint density at radius 3 is 2.35 bits per heavy atom. The van der Waals surface area contributed by atoms with E-state index in [1.807, 2.05) is 25.1 Å². The van der Waals surface area contributed by atoms with Gasteiger partial charge in [0.1, 0.15) is 5.75 Å². The van der Waals surface area contributed by atoms with Crippen molar-refractivity contribution in [1.29, 1.82) is 0 Å². The zero-order chi connectivity index (χ0) is 22.6. The molecule has 31 heavy (non-hydrogen) atoms. The van der Waals surface area contributed by atoms with Crippen LogP contribution in [-0.4, -0.2) is 20.4 Å². The fraction of sp³-hybridized carbons (Fsp3) is 0.136. The number of amides is 1. The number of halogens is 2. The summed E-state index contributed by atoms with van der Waals surface area (Å²) in [6, 6.07) is 17.6. The normalized spacial score (nSPS) is 12.1. The first-order chi connectivity index (χ1) is 14.6. The molecule has 6 nitrogen and oxygen atoms in total. The Balaban J connectivity index is 1.65. The molecule has 0 spiro atoms. The molecule has 0 bridgehead atoms. The number of rotatable bonds is 7. The smallest absolute Gasteiger partial charge is 0.265 e. The van der Waals surface area contributed by atoms with Gasteiger partial charge in [-0.05, 0) is 74.0 Å². The molecule has 9 heteroatoms. The standard InChI is InChI=1S/C22H20Cl2N2O4S/c1-14-4-3-5-18(12-14)30-15(2)22(27)25-17-7-9-19(10-8-17)31(28,29)26-21-11-6-16(23)13-20(21)24/h3-13,15,26H,1-2H3,(H,25,27)/t15-/m1/s1. The summed E-state index contributed by atoms with van der Waals surface area (Å²) in [5.74, 6) is 0.235. The molecule has 0 aliphatic rings. The van der Waals surface area contributed by atoms with Crippen LogP contribution in [0, 0.1) is 6.92 Å². The van der Waals surface area contributed by atoms with Crippen LogP contribution in [0.3, 0.4) is 0 Å². The molecule has 0 aliphatic carbocycles. The van der Waals surface area contributed by atoms with Crippen LogP contribution >= 0.6 is 23.2 Å². The van der Waals surface area contributed by atoms with Gasteiger partial charge in [-0.25, -0.2) is 8.42 Å². The maximum atomic E-state index is 12.6. The molecular weight excluding hydrogens is 459 g/mol. The van der Waals surface area contributed by atoms with E-state index in [-0.39, 0.29) is 21.5 Å². The highest BCUT2D eigenvalue weighted by molar-refractivity contribution is 7.92. The van der Waals surface area contributed by atoms with E-state index in [2.05, 4.69) is 10.0 Å². The molecule has 1 amide bonds. The van der Waals surface area contributed by atoms with E-state index < -0.39 is 16.1 Å². The lowest BCUT2D eigenvalue weighted by atomic mass is 10.2. The number of hydrogen-bond acceptors (Lipinski definition) is 4. The summed E-state index contributed by atoms with van der Waals surface area (Å²) >= 11 is 11.9. The first-order valence-corrected chi connectivity index (χ1v) is 11.5. The number of aryl methyl sites for hydroxylation is 1. The highest BCUT2D eigenvalue weighted by Gasteiger charge is 2.18. The minimum atomic E-state index is -3.87. The van der Waals surface area contributed by atoms with Gasteiger partial charge in [0, 0.05) is 10.7 Å². The second kappa shape index (κ2) is 9.60. The topological polar surface area (TPSA) is 84.5 Å². The maximum absolute atomic E-state index is 12.6. The zero-order valence-corrected chi connectivity index (χ0v) is 19.1. The van der Waals surface area contributed by atoms with Gasteiger partial charge in [-0.2, -0.15) is 0 Å². The van der Waals surface area contributed by atoms with Crippen molar-refractivity contribution in [3.05, 3.63) is 82.3 Å².